The summed E-state index contributed by atoms with van der Waals surface area (Å²) in [4.78, 5) is 12.9. The molecule has 4 nitrogen and oxygen atoms in total. The summed E-state index contributed by atoms with van der Waals surface area (Å²) in [5, 5.41) is 0. The van der Waals surface area contributed by atoms with Crippen LogP contribution in [0.15, 0.2) is 72.8 Å². The molecule has 0 aliphatic carbocycles. The van der Waals surface area contributed by atoms with Gasteiger partial charge < -0.3 is 14.2 Å². The molecule has 0 saturated heterocycles. The molecule has 0 bridgehead atoms. The van der Waals surface area contributed by atoms with Crippen LogP contribution in [0.5, 0.6) is 11.5 Å². The predicted molar refractivity (Wildman–Crippen MR) is 239 cm³/mol. The van der Waals surface area contributed by atoms with Crippen molar-refractivity contribution in [1.29, 1.82) is 0 Å². The van der Waals surface area contributed by atoms with Crippen LogP contribution in [0, 0.1) is 0 Å². The molecule has 56 heavy (non-hydrogen) atoms. The Hall–Kier alpha value is -3.11. The Bertz CT molecular complexity index is 1350. The summed E-state index contributed by atoms with van der Waals surface area (Å²) >= 11 is 0. The number of benzene rings is 3. The monoisotopic (exact) mass is 769 g/mol. The van der Waals surface area contributed by atoms with Gasteiger partial charge in [-0.05, 0) is 72.9 Å². The lowest BCUT2D eigenvalue weighted by molar-refractivity contribution is 0.0627. The molecule has 0 saturated carbocycles. The van der Waals surface area contributed by atoms with Gasteiger partial charge in [0, 0.05) is 6.61 Å². The van der Waals surface area contributed by atoms with Crippen molar-refractivity contribution in [3.63, 3.8) is 0 Å². The molecule has 0 amide bonds. The minimum atomic E-state index is -0.358. The smallest absolute Gasteiger partial charge is 0.343 e. The Morgan fingerprint density at radius 3 is 1.21 bits per heavy atom. The molecule has 0 fully saturated rings. The molecule has 0 N–H and O–H groups in total. The van der Waals surface area contributed by atoms with Crippen LogP contribution in [0.4, 0.5) is 0 Å². The standard InChI is InChI=1S/C52H80O4/c1-4-6-8-10-12-14-16-17-18-19-20-21-22-24-25-27-29-43-54-45(3)46-35-41-51(42-36-46)56-52(53)49-33-31-47(32-34-49)48-37-39-50(40-38-48)55-44-30-28-26-23-15-13-11-9-7-5-2/h31-42,45H,4-30,43-44H2,1-3H3. The second-order valence-electron chi connectivity index (χ2n) is 16.3. The van der Waals surface area contributed by atoms with Gasteiger partial charge in [-0.2, -0.15) is 0 Å². The first-order valence-electron chi connectivity index (χ1n) is 23.4. The Morgan fingerprint density at radius 1 is 0.429 bits per heavy atom. The highest BCUT2D eigenvalue weighted by molar-refractivity contribution is 5.91. The zero-order valence-electron chi connectivity index (χ0n) is 36.1. The molecule has 0 spiro atoms. The highest BCUT2D eigenvalue weighted by atomic mass is 16.5. The number of ether oxygens (including phenoxy) is 3. The zero-order valence-corrected chi connectivity index (χ0v) is 36.1. The van der Waals surface area contributed by atoms with E-state index in [1.807, 2.05) is 60.7 Å². The second kappa shape index (κ2) is 31.9. The summed E-state index contributed by atoms with van der Waals surface area (Å²) in [6.07, 6.45) is 36.7. The van der Waals surface area contributed by atoms with E-state index in [2.05, 4.69) is 32.9 Å². The highest BCUT2D eigenvalue weighted by Crippen LogP contribution is 2.25. The summed E-state index contributed by atoms with van der Waals surface area (Å²) < 4.78 is 17.8. The maximum atomic E-state index is 12.9. The van der Waals surface area contributed by atoms with E-state index in [9.17, 15) is 4.79 Å². The van der Waals surface area contributed by atoms with Gasteiger partial charge in [0.2, 0.25) is 0 Å². The lowest BCUT2D eigenvalue weighted by atomic mass is 10.0. The van der Waals surface area contributed by atoms with Gasteiger partial charge in [0.05, 0.1) is 18.3 Å². The number of carbonyl (C=O) groups excluding carboxylic acids is 1. The van der Waals surface area contributed by atoms with Gasteiger partial charge in [0.15, 0.2) is 0 Å². The van der Waals surface area contributed by atoms with Crippen LogP contribution in [-0.2, 0) is 4.74 Å². The number of rotatable bonds is 35. The fourth-order valence-electron chi connectivity index (χ4n) is 7.48. The van der Waals surface area contributed by atoms with Crippen LogP contribution in [0.1, 0.15) is 216 Å². The number of carbonyl (C=O) groups is 1. The molecule has 0 aliphatic rings. The molecule has 3 aromatic rings. The predicted octanol–water partition coefficient (Wildman–Crippen LogP) is 16.6. The number of unbranched alkanes of at least 4 members (excludes halogenated alkanes) is 25. The van der Waals surface area contributed by atoms with Crippen molar-refractivity contribution < 1.29 is 19.0 Å². The third-order valence-electron chi connectivity index (χ3n) is 11.3. The van der Waals surface area contributed by atoms with Crippen molar-refractivity contribution in [3.05, 3.63) is 83.9 Å². The quantitative estimate of drug-likeness (QED) is 0.0340. The van der Waals surface area contributed by atoms with Crippen LogP contribution in [-0.4, -0.2) is 19.2 Å². The first-order chi connectivity index (χ1) is 27.6. The van der Waals surface area contributed by atoms with Crippen LogP contribution in [0.25, 0.3) is 11.1 Å². The van der Waals surface area contributed by atoms with Crippen LogP contribution in [0.3, 0.4) is 0 Å². The Balaban J connectivity index is 1.20. The molecule has 1 atom stereocenters. The van der Waals surface area contributed by atoms with Gasteiger partial charge in [-0.1, -0.05) is 211 Å². The maximum Gasteiger partial charge on any atom is 0.343 e. The Morgan fingerprint density at radius 2 is 0.786 bits per heavy atom. The third-order valence-corrected chi connectivity index (χ3v) is 11.3. The van der Waals surface area contributed by atoms with E-state index in [-0.39, 0.29) is 12.1 Å². The molecule has 0 aliphatic heterocycles. The van der Waals surface area contributed by atoms with Gasteiger partial charge in [-0.3, -0.25) is 0 Å². The van der Waals surface area contributed by atoms with E-state index in [1.54, 1.807) is 0 Å². The molecular weight excluding hydrogens is 689 g/mol. The fraction of sp³-hybridized carbons (Fsp3) is 0.635. The first-order valence-corrected chi connectivity index (χ1v) is 23.4. The minimum Gasteiger partial charge on any atom is -0.494 e. The van der Waals surface area contributed by atoms with Crippen molar-refractivity contribution in [1.82, 2.24) is 0 Å². The first kappa shape index (κ1) is 47.3. The summed E-state index contributed by atoms with van der Waals surface area (Å²) in [5.41, 5.74) is 3.76. The lowest BCUT2D eigenvalue weighted by Gasteiger charge is -2.14. The van der Waals surface area contributed by atoms with Crippen molar-refractivity contribution in [2.24, 2.45) is 0 Å². The SMILES string of the molecule is CCCCCCCCCCCCCCCCCCCOC(C)c1ccc(OC(=O)c2ccc(-c3ccc(OCCCCCCCCCCCC)cc3)cc2)cc1. The molecule has 3 aromatic carbocycles. The van der Waals surface area contributed by atoms with Crippen molar-refractivity contribution in [2.45, 2.75) is 200 Å². The Labute approximate surface area is 343 Å². The van der Waals surface area contributed by atoms with Crippen LogP contribution < -0.4 is 9.47 Å². The number of hydrogen-bond donors (Lipinski definition) is 0. The molecular formula is C52H80O4. The summed E-state index contributed by atoms with van der Waals surface area (Å²) in [7, 11) is 0. The largest absolute Gasteiger partial charge is 0.494 e. The maximum absolute atomic E-state index is 12.9. The summed E-state index contributed by atoms with van der Waals surface area (Å²) in [5.74, 6) is 1.09. The normalized spacial score (nSPS) is 11.8. The van der Waals surface area contributed by atoms with Gasteiger partial charge in [0.1, 0.15) is 11.5 Å². The van der Waals surface area contributed by atoms with E-state index < -0.39 is 0 Å². The molecule has 0 aromatic heterocycles. The molecule has 0 heterocycles. The Kier molecular flexibility index (Phi) is 26.9. The lowest BCUT2D eigenvalue weighted by Crippen LogP contribution is -2.08. The molecule has 1 unspecified atom stereocenters. The van der Waals surface area contributed by atoms with E-state index in [0.29, 0.717) is 11.3 Å². The van der Waals surface area contributed by atoms with E-state index in [0.717, 1.165) is 48.5 Å². The summed E-state index contributed by atoms with van der Waals surface area (Å²) in [6.45, 7) is 8.20. The van der Waals surface area contributed by atoms with Gasteiger partial charge in [-0.25, -0.2) is 4.79 Å². The fourth-order valence-corrected chi connectivity index (χ4v) is 7.48. The summed E-state index contributed by atoms with van der Waals surface area (Å²) in [6, 6.07) is 23.5. The van der Waals surface area contributed by atoms with E-state index in [1.165, 1.54) is 161 Å². The average molecular weight is 769 g/mol. The molecule has 312 valence electrons. The number of hydrogen-bond acceptors (Lipinski definition) is 4. The van der Waals surface area contributed by atoms with Gasteiger partial charge in [-0.15, -0.1) is 0 Å². The van der Waals surface area contributed by atoms with Gasteiger partial charge in [0.25, 0.3) is 0 Å². The van der Waals surface area contributed by atoms with Gasteiger partial charge >= 0.3 is 5.97 Å². The second-order valence-corrected chi connectivity index (χ2v) is 16.3. The third kappa shape index (κ3) is 22.0. The van der Waals surface area contributed by atoms with Crippen LogP contribution in [0.2, 0.25) is 0 Å². The zero-order chi connectivity index (χ0) is 39.7. The molecule has 0 radical (unpaired) electrons. The van der Waals surface area contributed by atoms with Crippen LogP contribution >= 0.6 is 0 Å². The van der Waals surface area contributed by atoms with E-state index >= 15 is 0 Å². The molecule has 3 rings (SSSR count). The topological polar surface area (TPSA) is 44.8 Å². The number of esters is 1. The van der Waals surface area contributed by atoms with Crippen molar-refractivity contribution >= 4 is 5.97 Å². The van der Waals surface area contributed by atoms with Crippen molar-refractivity contribution in [2.75, 3.05) is 13.2 Å². The minimum absolute atomic E-state index is 0.0125. The highest BCUT2D eigenvalue weighted by Gasteiger charge is 2.11. The average Bonchev–Trinajstić information content (AvgIpc) is 3.23. The van der Waals surface area contributed by atoms with E-state index in [4.69, 9.17) is 14.2 Å². The van der Waals surface area contributed by atoms with Crippen molar-refractivity contribution in [3.8, 4) is 22.6 Å². The molecule has 4 heteroatoms.